The molecule has 3 rings (SSSR count). The molecule has 0 fully saturated rings. The molecule has 3 aromatic rings. The lowest BCUT2D eigenvalue weighted by Gasteiger charge is -2.11. The Bertz CT molecular complexity index is 930. The molecule has 132 valence electrons. The van der Waals surface area contributed by atoms with Crippen molar-refractivity contribution in [3.8, 4) is 0 Å². The van der Waals surface area contributed by atoms with Gasteiger partial charge in [0.15, 0.2) is 0 Å². The van der Waals surface area contributed by atoms with Crippen molar-refractivity contribution in [1.82, 2.24) is 20.3 Å². The van der Waals surface area contributed by atoms with Crippen LogP contribution in [0.4, 0.5) is 11.6 Å². The second-order valence-corrected chi connectivity index (χ2v) is 6.20. The van der Waals surface area contributed by atoms with Gasteiger partial charge in [0.25, 0.3) is 5.91 Å². The summed E-state index contributed by atoms with van der Waals surface area (Å²) in [5.74, 6) is 0.0857. The van der Waals surface area contributed by atoms with Crippen LogP contribution in [0.2, 0.25) is 5.02 Å². The van der Waals surface area contributed by atoms with Gasteiger partial charge in [-0.2, -0.15) is 0 Å². The predicted molar refractivity (Wildman–Crippen MR) is 102 cm³/mol. The number of rotatable bonds is 5. The SMILES string of the molecule is Cc1cc(C(=O)NCc2ccncc2)nc(Nc2cccc(Cl)c2C)n1. The van der Waals surface area contributed by atoms with Crippen LogP contribution in [0.5, 0.6) is 0 Å². The maximum atomic E-state index is 12.4. The molecular weight excluding hydrogens is 350 g/mol. The van der Waals surface area contributed by atoms with Crippen molar-refractivity contribution in [3.05, 3.63) is 76.3 Å². The van der Waals surface area contributed by atoms with E-state index < -0.39 is 0 Å². The van der Waals surface area contributed by atoms with E-state index in [0.29, 0.717) is 28.9 Å². The van der Waals surface area contributed by atoms with Gasteiger partial charge in [0.1, 0.15) is 5.69 Å². The largest absolute Gasteiger partial charge is 0.347 e. The molecule has 0 spiro atoms. The molecule has 0 saturated heterocycles. The number of aryl methyl sites for hydroxylation is 1. The Morgan fingerprint density at radius 2 is 1.88 bits per heavy atom. The fourth-order valence-corrected chi connectivity index (χ4v) is 2.55. The number of carbonyl (C=O) groups is 1. The lowest BCUT2D eigenvalue weighted by molar-refractivity contribution is 0.0945. The number of carbonyl (C=O) groups excluding carboxylic acids is 1. The standard InChI is InChI=1S/C19H18ClN5O/c1-12-10-17(18(26)22-11-14-6-8-21-9-7-14)25-19(23-12)24-16-5-3-4-15(20)13(16)2/h3-10H,11H2,1-2H3,(H,22,26)(H,23,24,25). The first-order chi connectivity index (χ1) is 12.5. The Hall–Kier alpha value is -2.99. The summed E-state index contributed by atoms with van der Waals surface area (Å²) >= 11 is 6.14. The molecule has 26 heavy (non-hydrogen) atoms. The van der Waals surface area contributed by atoms with Crippen molar-refractivity contribution in [2.75, 3.05) is 5.32 Å². The minimum Gasteiger partial charge on any atom is -0.347 e. The highest BCUT2D eigenvalue weighted by Gasteiger charge is 2.12. The van der Waals surface area contributed by atoms with Gasteiger partial charge in [0.05, 0.1) is 0 Å². The highest BCUT2D eigenvalue weighted by molar-refractivity contribution is 6.31. The van der Waals surface area contributed by atoms with Crippen molar-refractivity contribution in [2.24, 2.45) is 0 Å². The Labute approximate surface area is 156 Å². The predicted octanol–water partition coefficient (Wildman–Crippen LogP) is 3.82. The second-order valence-electron chi connectivity index (χ2n) is 5.79. The summed E-state index contributed by atoms with van der Waals surface area (Å²) < 4.78 is 0. The maximum absolute atomic E-state index is 12.4. The number of pyridine rings is 1. The molecule has 2 N–H and O–H groups in total. The molecule has 0 aliphatic carbocycles. The highest BCUT2D eigenvalue weighted by atomic mass is 35.5. The topological polar surface area (TPSA) is 79.8 Å². The summed E-state index contributed by atoms with van der Waals surface area (Å²) in [6.45, 7) is 4.13. The molecule has 7 heteroatoms. The third kappa shape index (κ3) is 4.34. The molecule has 6 nitrogen and oxygen atoms in total. The van der Waals surface area contributed by atoms with Crippen LogP contribution in [0.3, 0.4) is 0 Å². The molecule has 0 atom stereocenters. The first-order valence-corrected chi connectivity index (χ1v) is 8.45. The van der Waals surface area contributed by atoms with E-state index in [1.165, 1.54) is 0 Å². The Morgan fingerprint density at radius 3 is 2.65 bits per heavy atom. The number of amides is 1. The van der Waals surface area contributed by atoms with Gasteiger partial charge in [-0.05, 0) is 55.3 Å². The van der Waals surface area contributed by atoms with E-state index in [2.05, 4.69) is 25.6 Å². The maximum Gasteiger partial charge on any atom is 0.270 e. The number of hydrogen-bond donors (Lipinski definition) is 2. The fourth-order valence-electron chi connectivity index (χ4n) is 2.38. The quantitative estimate of drug-likeness (QED) is 0.716. The number of nitrogens with one attached hydrogen (secondary N) is 2. The lowest BCUT2D eigenvalue weighted by atomic mass is 10.2. The fraction of sp³-hybridized carbons (Fsp3) is 0.158. The summed E-state index contributed by atoms with van der Waals surface area (Å²) in [6.07, 6.45) is 3.37. The van der Waals surface area contributed by atoms with Crippen LogP contribution >= 0.6 is 11.6 Å². The summed E-state index contributed by atoms with van der Waals surface area (Å²) in [4.78, 5) is 25.1. The number of anilines is 2. The first-order valence-electron chi connectivity index (χ1n) is 8.08. The average molecular weight is 368 g/mol. The van der Waals surface area contributed by atoms with Gasteiger partial charge in [-0.3, -0.25) is 9.78 Å². The van der Waals surface area contributed by atoms with E-state index in [1.54, 1.807) is 18.5 Å². The molecule has 1 aromatic carbocycles. The van der Waals surface area contributed by atoms with E-state index >= 15 is 0 Å². The van der Waals surface area contributed by atoms with Crippen molar-refractivity contribution in [1.29, 1.82) is 0 Å². The zero-order valence-corrected chi connectivity index (χ0v) is 15.2. The van der Waals surface area contributed by atoms with E-state index in [1.807, 2.05) is 44.2 Å². The zero-order chi connectivity index (χ0) is 18.5. The van der Waals surface area contributed by atoms with Gasteiger partial charge in [-0.1, -0.05) is 17.7 Å². The third-order valence-corrected chi connectivity index (χ3v) is 4.21. The van der Waals surface area contributed by atoms with E-state index in [4.69, 9.17) is 11.6 Å². The summed E-state index contributed by atoms with van der Waals surface area (Å²) in [6, 6.07) is 10.9. The van der Waals surface area contributed by atoms with Gasteiger partial charge in [-0.25, -0.2) is 9.97 Å². The molecule has 0 aliphatic heterocycles. The molecule has 0 unspecified atom stereocenters. The normalized spacial score (nSPS) is 10.4. The van der Waals surface area contributed by atoms with Crippen LogP contribution in [0.1, 0.15) is 27.3 Å². The number of halogens is 1. The lowest BCUT2D eigenvalue weighted by Crippen LogP contribution is -2.24. The van der Waals surface area contributed by atoms with Gasteiger partial charge < -0.3 is 10.6 Å². The summed E-state index contributed by atoms with van der Waals surface area (Å²) in [5, 5.41) is 6.63. The Morgan fingerprint density at radius 1 is 1.12 bits per heavy atom. The number of aromatic nitrogens is 3. The van der Waals surface area contributed by atoms with Crippen molar-refractivity contribution in [3.63, 3.8) is 0 Å². The molecule has 0 bridgehead atoms. The summed E-state index contributed by atoms with van der Waals surface area (Å²) in [5.41, 5.74) is 3.64. The van der Waals surface area contributed by atoms with Crippen LogP contribution in [0.15, 0.2) is 48.8 Å². The molecular formula is C19H18ClN5O. The summed E-state index contributed by atoms with van der Waals surface area (Å²) in [7, 11) is 0. The van der Waals surface area contributed by atoms with Crippen LogP contribution < -0.4 is 10.6 Å². The van der Waals surface area contributed by atoms with E-state index in [0.717, 1.165) is 16.8 Å². The van der Waals surface area contributed by atoms with Crippen molar-refractivity contribution >= 4 is 29.1 Å². The molecule has 0 radical (unpaired) electrons. The highest BCUT2D eigenvalue weighted by Crippen LogP contribution is 2.25. The molecule has 2 aromatic heterocycles. The number of hydrogen-bond acceptors (Lipinski definition) is 5. The molecule has 0 aliphatic rings. The minimum atomic E-state index is -0.266. The molecule has 1 amide bonds. The molecule has 2 heterocycles. The zero-order valence-electron chi connectivity index (χ0n) is 14.5. The first kappa shape index (κ1) is 17.8. The minimum absolute atomic E-state index is 0.266. The second kappa shape index (κ2) is 7.93. The smallest absolute Gasteiger partial charge is 0.270 e. The van der Waals surface area contributed by atoms with Crippen molar-refractivity contribution < 1.29 is 4.79 Å². The van der Waals surface area contributed by atoms with Gasteiger partial charge >= 0.3 is 0 Å². The van der Waals surface area contributed by atoms with Crippen LogP contribution in [0.25, 0.3) is 0 Å². The monoisotopic (exact) mass is 367 g/mol. The third-order valence-electron chi connectivity index (χ3n) is 3.80. The van der Waals surface area contributed by atoms with Crippen LogP contribution in [-0.4, -0.2) is 20.9 Å². The van der Waals surface area contributed by atoms with Gasteiger partial charge in [-0.15, -0.1) is 0 Å². The molecule has 0 saturated carbocycles. The number of nitrogens with zero attached hydrogens (tertiary/aromatic N) is 3. The van der Waals surface area contributed by atoms with E-state index in [9.17, 15) is 4.79 Å². The van der Waals surface area contributed by atoms with Crippen LogP contribution in [-0.2, 0) is 6.54 Å². The average Bonchev–Trinajstić information content (AvgIpc) is 2.64. The van der Waals surface area contributed by atoms with E-state index in [-0.39, 0.29) is 5.91 Å². The van der Waals surface area contributed by atoms with Gasteiger partial charge in [0, 0.05) is 35.3 Å². The van der Waals surface area contributed by atoms with Crippen molar-refractivity contribution in [2.45, 2.75) is 20.4 Å². The number of benzene rings is 1. The Kier molecular flexibility index (Phi) is 5.43. The van der Waals surface area contributed by atoms with Crippen LogP contribution in [0, 0.1) is 13.8 Å². The Balaban J connectivity index is 1.76. The van der Waals surface area contributed by atoms with Gasteiger partial charge in [0.2, 0.25) is 5.95 Å².